The normalized spacial score (nSPS) is 22.5. The molecule has 4 heterocycles. The fourth-order valence-electron chi connectivity index (χ4n) is 6.92. The molecule has 1 aromatic heterocycles. The monoisotopic (exact) mass is 581 g/mol. The van der Waals surface area contributed by atoms with E-state index in [0.717, 1.165) is 18.4 Å². The molecular formula is C31H30F3N3O5. The van der Waals surface area contributed by atoms with Crippen LogP contribution in [0.15, 0.2) is 47.3 Å². The van der Waals surface area contributed by atoms with Crippen molar-refractivity contribution in [2.45, 2.75) is 50.8 Å². The number of amides is 2. The second kappa shape index (κ2) is 10.6. The molecule has 3 aromatic rings. The van der Waals surface area contributed by atoms with Crippen LogP contribution in [-0.4, -0.2) is 46.1 Å². The molecule has 6 rings (SSSR count). The Morgan fingerprint density at radius 1 is 1.12 bits per heavy atom. The molecule has 2 N–H and O–H groups in total. The van der Waals surface area contributed by atoms with Gasteiger partial charge in [-0.2, -0.15) is 0 Å². The molecular weight excluding hydrogens is 551 g/mol. The molecule has 0 aliphatic carbocycles. The van der Waals surface area contributed by atoms with Crippen molar-refractivity contribution in [3.05, 3.63) is 98.2 Å². The molecule has 3 atom stereocenters. The number of aromatic nitrogens is 1. The highest BCUT2D eigenvalue weighted by atomic mass is 19.1. The minimum Gasteiger partial charge on any atom is -0.483 e. The quantitative estimate of drug-likeness (QED) is 0.442. The van der Waals surface area contributed by atoms with Gasteiger partial charge in [0.1, 0.15) is 29.6 Å². The number of nitrogens with one attached hydrogen (secondary N) is 1. The largest absolute Gasteiger partial charge is 0.483 e. The van der Waals surface area contributed by atoms with Crippen molar-refractivity contribution in [2.75, 3.05) is 19.7 Å². The van der Waals surface area contributed by atoms with Crippen LogP contribution in [0.1, 0.15) is 69.8 Å². The number of halogens is 3. The van der Waals surface area contributed by atoms with Gasteiger partial charge in [-0.25, -0.2) is 13.2 Å². The van der Waals surface area contributed by atoms with E-state index in [4.69, 9.17) is 4.74 Å². The first kappa shape index (κ1) is 28.0. The van der Waals surface area contributed by atoms with Crippen LogP contribution < -0.4 is 15.5 Å². The molecule has 0 saturated carbocycles. The van der Waals surface area contributed by atoms with Crippen LogP contribution in [0, 0.1) is 23.4 Å². The van der Waals surface area contributed by atoms with E-state index in [0.29, 0.717) is 31.6 Å². The topological polar surface area (TPSA) is 101 Å². The SMILES string of the molecule is C[C@@H]1C(CO)c2c(C(=O)NCc3c(F)cc(F)cc3F)c(=O)c(OCc3ccccc3)c3n2[C@@]12CCCCN(C2)C3=O. The van der Waals surface area contributed by atoms with E-state index in [1.54, 1.807) is 33.7 Å². The number of ether oxygens (including phenoxy) is 1. The number of carbonyl (C=O) groups is 2. The molecule has 3 aliphatic heterocycles. The molecule has 2 bridgehead atoms. The Kier molecular flexibility index (Phi) is 7.08. The summed E-state index contributed by atoms with van der Waals surface area (Å²) in [6.45, 7) is 1.72. The number of fused-ring (bicyclic) bond motifs is 1. The minimum absolute atomic E-state index is 0.0469. The molecule has 1 fully saturated rings. The lowest BCUT2D eigenvalue weighted by atomic mass is 9.76. The number of aliphatic hydroxyl groups excluding tert-OH is 1. The van der Waals surface area contributed by atoms with Crippen molar-refractivity contribution in [1.29, 1.82) is 0 Å². The van der Waals surface area contributed by atoms with Gasteiger partial charge in [-0.1, -0.05) is 37.3 Å². The number of benzene rings is 2. The summed E-state index contributed by atoms with van der Waals surface area (Å²) >= 11 is 0. The Labute approximate surface area is 239 Å². The number of nitrogens with zero attached hydrogens (tertiary/aromatic N) is 2. The molecule has 42 heavy (non-hydrogen) atoms. The van der Waals surface area contributed by atoms with Gasteiger partial charge in [0.25, 0.3) is 11.8 Å². The average Bonchev–Trinajstić information content (AvgIpc) is 3.08. The first-order valence-electron chi connectivity index (χ1n) is 14.0. The maximum atomic E-state index is 14.3. The second-order valence-corrected chi connectivity index (χ2v) is 11.3. The van der Waals surface area contributed by atoms with Crippen molar-refractivity contribution in [1.82, 2.24) is 14.8 Å². The lowest BCUT2D eigenvalue weighted by molar-refractivity contribution is 0.0483. The highest BCUT2D eigenvalue weighted by Gasteiger charge is 2.57. The van der Waals surface area contributed by atoms with Gasteiger partial charge < -0.3 is 24.6 Å². The summed E-state index contributed by atoms with van der Waals surface area (Å²) in [5.74, 6) is -5.99. The molecule has 1 spiro atoms. The van der Waals surface area contributed by atoms with Crippen LogP contribution in [0.25, 0.3) is 0 Å². The zero-order valence-corrected chi connectivity index (χ0v) is 23.0. The first-order valence-corrected chi connectivity index (χ1v) is 14.0. The summed E-state index contributed by atoms with van der Waals surface area (Å²) in [7, 11) is 0. The first-order chi connectivity index (χ1) is 20.2. The lowest BCUT2D eigenvalue weighted by Crippen LogP contribution is -2.55. The number of aliphatic hydroxyl groups is 1. The van der Waals surface area contributed by atoms with Crippen LogP contribution in [0.5, 0.6) is 5.75 Å². The molecule has 3 aliphatic rings. The number of pyridine rings is 1. The summed E-state index contributed by atoms with van der Waals surface area (Å²) in [5.41, 5.74) is -1.46. The second-order valence-electron chi connectivity index (χ2n) is 11.3. The summed E-state index contributed by atoms with van der Waals surface area (Å²) in [5, 5.41) is 13.0. The highest BCUT2D eigenvalue weighted by molar-refractivity contribution is 6.01. The number of hydrogen-bond acceptors (Lipinski definition) is 5. The number of carbonyl (C=O) groups excluding carboxylic acids is 2. The molecule has 1 unspecified atom stereocenters. The average molecular weight is 582 g/mol. The molecule has 220 valence electrons. The predicted octanol–water partition coefficient (Wildman–Crippen LogP) is 3.84. The third kappa shape index (κ3) is 4.29. The molecule has 11 heteroatoms. The Hall–Kier alpha value is -4.12. The molecule has 2 amide bonds. The van der Waals surface area contributed by atoms with Gasteiger partial charge in [0.2, 0.25) is 5.43 Å². The van der Waals surface area contributed by atoms with E-state index >= 15 is 0 Å². The van der Waals surface area contributed by atoms with E-state index in [2.05, 4.69) is 5.32 Å². The van der Waals surface area contributed by atoms with Crippen molar-refractivity contribution in [3.8, 4) is 5.75 Å². The van der Waals surface area contributed by atoms with Gasteiger partial charge in [0, 0.05) is 48.9 Å². The predicted molar refractivity (Wildman–Crippen MR) is 146 cm³/mol. The van der Waals surface area contributed by atoms with E-state index in [-0.39, 0.29) is 47.7 Å². The maximum absolute atomic E-state index is 14.3. The van der Waals surface area contributed by atoms with Gasteiger partial charge in [0.05, 0.1) is 12.1 Å². The lowest BCUT2D eigenvalue weighted by Gasteiger charge is -2.44. The van der Waals surface area contributed by atoms with E-state index in [1.807, 2.05) is 13.0 Å². The van der Waals surface area contributed by atoms with E-state index < -0.39 is 52.4 Å². The van der Waals surface area contributed by atoms with Crippen molar-refractivity contribution < 1.29 is 32.6 Å². The van der Waals surface area contributed by atoms with Crippen LogP contribution in [-0.2, 0) is 18.7 Å². The summed E-state index contributed by atoms with van der Waals surface area (Å²) < 4.78 is 49.9. The molecule has 2 aromatic carbocycles. The minimum atomic E-state index is -1.18. The summed E-state index contributed by atoms with van der Waals surface area (Å²) in [6.07, 6.45) is 2.21. The Morgan fingerprint density at radius 3 is 2.52 bits per heavy atom. The van der Waals surface area contributed by atoms with Gasteiger partial charge in [0.15, 0.2) is 11.4 Å². The zero-order valence-electron chi connectivity index (χ0n) is 23.0. The molecule has 0 radical (unpaired) electrons. The Bertz CT molecular complexity index is 1620. The van der Waals surface area contributed by atoms with Crippen LogP contribution in [0.3, 0.4) is 0 Å². The van der Waals surface area contributed by atoms with Crippen LogP contribution in [0.4, 0.5) is 13.2 Å². The van der Waals surface area contributed by atoms with Crippen LogP contribution >= 0.6 is 0 Å². The van der Waals surface area contributed by atoms with Crippen LogP contribution in [0.2, 0.25) is 0 Å². The van der Waals surface area contributed by atoms with Gasteiger partial charge in [-0.15, -0.1) is 0 Å². The van der Waals surface area contributed by atoms with E-state index in [1.165, 1.54) is 0 Å². The molecule has 8 nitrogen and oxygen atoms in total. The maximum Gasteiger partial charge on any atom is 0.274 e. The third-order valence-electron chi connectivity index (χ3n) is 9.04. The van der Waals surface area contributed by atoms with Crippen molar-refractivity contribution in [2.24, 2.45) is 5.92 Å². The fourth-order valence-corrected chi connectivity index (χ4v) is 6.92. The Balaban J connectivity index is 1.52. The summed E-state index contributed by atoms with van der Waals surface area (Å²) in [4.78, 5) is 43.5. The Morgan fingerprint density at radius 2 is 1.83 bits per heavy atom. The van der Waals surface area contributed by atoms with Crippen molar-refractivity contribution in [3.63, 3.8) is 0 Å². The highest BCUT2D eigenvalue weighted by Crippen LogP contribution is 2.53. The van der Waals surface area contributed by atoms with Crippen molar-refractivity contribution >= 4 is 11.8 Å². The standard InChI is InChI=1S/C31H30F3N3O5/c1-17-21(14-38)25-24(29(40)35-13-20-22(33)11-19(32)12-23(20)34)27(39)28(42-15-18-7-3-2-4-8-18)26-30(41)36-10-6-5-9-31(17,16-36)37(25)26/h2-4,7-8,11-12,17,21,38H,5-6,9-10,13-16H2,1H3,(H,35,40)/t17-,21?,31-/m1/s1. The molecule has 1 saturated heterocycles. The third-order valence-corrected chi connectivity index (χ3v) is 9.04. The van der Waals surface area contributed by atoms with Gasteiger partial charge in [-0.05, 0) is 30.7 Å². The number of rotatable bonds is 7. The van der Waals surface area contributed by atoms with E-state index in [9.17, 15) is 32.7 Å². The fraction of sp³-hybridized carbons (Fsp3) is 0.387. The van der Waals surface area contributed by atoms with Gasteiger partial charge in [-0.3, -0.25) is 14.4 Å². The zero-order chi connectivity index (χ0) is 29.8. The number of hydrogen-bond donors (Lipinski definition) is 2. The smallest absolute Gasteiger partial charge is 0.274 e. The van der Waals surface area contributed by atoms with Gasteiger partial charge >= 0.3 is 0 Å². The summed E-state index contributed by atoms with van der Waals surface area (Å²) in [6, 6.07) is 10.0.